The van der Waals surface area contributed by atoms with Gasteiger partial charge in [0.25, 0.3) is 5.56 Å². The summed E-state index contributed by atoms with van der Waals surface area (Å²) in [4.78, 5) is 33.2. The number of hydrogen-bond acceptors (Lipinski definition) is 6. The van der Waals surface area contributed by atoms with Gasteiger partial charge in [0.1, 0.15) is 0 Å². The monoisotopic (exact) mass is 359 g/mol. The number of nitrogens with zero attached hydrogens (tertiary/aromatic N) is 5. The van der Waals surface area contributed by atoms with E-state index >= 15 is 0 Å². The normalized spacial score (nSPS) is 14.5. The fraction of sp³-hybridized carbons (Fsp3) is 0.211. The highest BCUT2D eigenvalue weighted by atomic mass is 32.1. The Hall–Kier alpha value is -2.93. The van der Waals surface area contributed by atoms with E-state index in [0.717, 1.165) is 42.4 Å². The van der Waals surface area contributed by atoms with E-state index in [1.165, 1.54) is 16.9 Å². The number of benzene rings is 1. The predicted molar refractivity (Wildman–Crippen MR) is 102 cm³/mol. The van der Waals surface area contributed by atoms with E-state index in [9.17, 15) is 4.79 Å². The number of pyridine rings is 1. The molecule has 0 radical (unpaired) electrons. The minimum absolute atomic E-state index is 0.110. The molecule has 0 unspecified atom stereocenters. The van der Waals surface area contributed by atoms with Crippen LogP contribution in [0.2, 0.25) is 0 Å². The Labute approximate surface area is 151 Å². The van der Waals surface area contributed by atoms with Gasteiger partial charge in [0.15, 0.2) is 16.1 Å². The lowest BCUT2D eigenvalue weighted by Crippen LogP contribution is -2.17. The van der Waals surface area contributed by atoms with Gasteiger partial charge in [0.05, 0.1) is 16.4 Å². The van der Waals surface area contributed by atoms with Crippen LogP contribution in [0, 0.1) is 0 Å². The maximum Gasteiger partial charge on any atom is 0.269 e. The summed E-state index contributed by atoms with van der Waals surface area (Å²) in [7, 11) is 0. The van der Waals surface area contributed by atoms with E-state index in [1.807, 2.05) is 30.3 Å². The first-order valence-corrected chi connectivity index (χ1v) is 9.50. The lowest BCUT2D eigenvalue weighted by molar-refractivity contribution is 0.670. The summed E-state index contributed by atoms with van der Waals surface area (Å²) in [5.74, 6) is 0. The van der Waals surface area contributed by atoms with Crippen molar-refractivity contribution in [3.05, 3.63) is 51.9 Å². The first-order valence-electron chi connectivity index (χ1n) is 8.68. The van der Waals surface area contributed by atoms with Gasteiger partial charge in [-0.3, -0.25) is 4.79 Å². The van der Waals surface area contributed by atoms with Crippen LogP contribution >= 0.6 is 11.3 Å². The van der Waals surface area contributed by atoms with Crippen molar-refractivity contribution in [2.45, 2.75) is 25.7 Å². The molecule has 1 aliphatic rings. The topological polar surface area (TPSA) is 73.0 Å². The third kappa shape index (κ3) is 1.89. The fourth-order valence-electron chi connectivity index (χ4n) is 3.74. The summed E-state index contributed by atoms with van der Waals surface area (Å²) >= 11 is 1.38. The zero-order valence-corrected chi connectivity index (χ0v) is 14.6. The molecular weight excluding hydrogens is 346 g/mol. The number of para-hydroxylation sites is 2. The highest BCUT2D eigenvalue weighted by molar-refractivity contribution is 7.23. The second kappa shape index (κ2) is 5.04. The number of aromatic nitrogens is 5. The van der Waals surface area contributed by atoms with Crippen molar-refractivity contribution in [1.29, 1.82) is 0 Å². The summed E-state index contributed by atoms with van der Waals surface area (Å²) in [5.41, 5.74) is 4.85. The number of hydrogen-bond donors (Lipinski definition) is 0. The molecule has 0 spiro atoms. The second-order valence-corrected chi connectivity index (χ2v) is 7.61. The molecule has 0 atom stereocenters. The van der Waals surface area contributed by atoms with Gasteiger partial charge < -0.3 is 0 Å². The summed E-state index contributed by atoms with van der Waals surface area (Å²) in [6, 6.07) is 9.67. The Morgan fingerprint density at radius 1 is 0.962 bits per heavy atom. The quantitative estimate of drug-likeness (QED) is 0.424. The number of thiazole rings is 1. The van der Waals surface area contributed by atoms with Gasteiger partial charge in [-0.25, -0.2) is 19.4 Å². The van der Waals surface area contributed by atoms with E-state index in [1.54, 1.807) is 4.40 Å². The molecule has 1 aliphatic carbocycles. The van der Waals surface area contributed by atoms with Crippen LogP contribution in [0.5, 0.6) is 0 Å². The van der Waals surface area contributed by atoms with Crippen LogP contribution in [0.3, 0.4) is 0 Å². The molecule has 0 N–H and O–H groups in total. The first kappa shape index (κ1) is 14.3. The molecule has 4 aromatic heterocycles. The smallest absolute Gasteiger partial charge is 0.268 e. The molecule has 0 bridgehead atoms. The minimum atomic E-state index is -0.110. The molecular formula is C19H13N5OS. The number of rotatable bonds is 0. The van der Waals surface area contributed by atoms with Gasteiger partial charge in [-0.15, -0.1) is 0 Å². The standard InChI is InChI=1S/C19H13N5OS/c25-18-11-9-10-5-1-2-6-12(10)20-15(11)23-19-24(18)16-17(26-19)22-14-8-4-3-7-13(14)21-16/h3-4,7-9H,1-2,5-6H2. The third-order valence-electron chi connectivity index (χ3n) is 5.03. The van der Waals surface area contributed by atoms with E-state index in [4.69, 9.17) is 4.98 Å². The molecule has 26 heavy (non-hydrogen) atoms. The summed E-state index contributed by atoms with van der Waals surface area (Å²) in [6.45, 7) is 0. The predicted octanol–water partition coefficient (Wildman–Crippen LogP) is 3.28. The van der Waals surface area contributed by atoms with Crippen LogP contribution in [0.15, 0.2) is 35.1 Å². The molecule has 7 heteroatoms. The van der Waals surface area contributed by atoms with Crippen LogP contribution in [0.25, 0.3) is 37.5 Å². The summed E-state index contributed by atoms with van der Waals surface area (Å²) < 4.78 is 1.58. The van der Waals surface area contributed by atoms with E-state index in [2.05, 4.69) is 15.0 Å². The maximum absolute atomic E-state index is 13.2. The molecule has 4 heterocycles. The molecule has 5 aromatic rings. The lowest BCUT2D eigenvalue weighted by atomic mass is 9.95. The molecule has 0 saturated heterocycles. The summed E-state index contributed by atoms with van der Waals surface area (Å²) in [5, 5.41) is 0.567. The van der Waals surface area contributed by atoms with Crippen LogP contribution in [-0.4, -0.2) is 24.3 Å². The Balaban J connectivity index is 1.78. The SMILES string of the molecule is O=c1c2cc3c(nc2nc2sc4nc5ccccc5nc4n12)CCCC3. The van der Waals surface area contributed by atoms with Gasteiger partial charge in [0.2, 0.25) is 4.96 Å². The molecule has 6 nitrogen and oxygen atoms in total. The highest BCUT2D eigenvalue weighted by Gasteiger charge is 2.18. The van der Waals surface area contributed by atoms with Crippen LogP contribution in [0.4, 0.5) is 0 Å². The fourth-order valence-corrected chi connectivity index (χ4v) is 4.68. The van der Waals surface area contributed by atoms with Gasteiger partial charge in [0, 0.05) is 5.69 Å². The van der Waals surface area contributed by atoms with Gasteiger partial charge in [-0.05, 0) is 49.4 Å². The van der Waals surface area contributed by atoms with Crippen molar-refractivity contribution in [2.24, 2.45) is 0 Å². The lowest BCUT2D eigenvalue weighted by Gasteiger charge is -2.14. The van der Waals surface area contributed by atoms with Crippen molar-refractivity contribution < 1.29 is 0 Å². The van der Waals surface area contributed by atoms with Gasteiger partial charge in [-0.1, -0.05) is 23.5 Å². The van der Waals surface area contributed by atoms with Crippen LogP contribution in [0.1, 0.15) is 24.1 Å². The zero-order chi connectivity index (χ0) is 17.3. The third-order valence-corrected chi connectivity index (χ3v) is 5.95. The minimum Gasteiger partial charge on any atom is -0.268 e. The van der Waals surface area contributed by atoms with Crippen molar-refractivity contribution in [3.8, 4) is 0 Å². The number of fused-ring (bicyclic) bond motifs is 6. The molecule has 0 fully saturated rings. The van der Waals surface area contributed by atoms with Crippen molar-refractivity contribution >= 4 is 48.8 Å². The molecule has 1 aromatic carbocycles. The average Bonchev–Trinajstić information content (AvgIpc) is 3.02. The van der Waals surface area contributed by atoms with Crippen molar-refractivity contribution in [2.75, 3.05) is 0 Å². The van der Waals surface area contributed by atoms with E-state index in [0.29, 0.717) is 26.5 Å². The van der Waals surface area contributed by atoms with E-state index < -0.39 is 0 Å². The maximum atomic E-state index is 13.2. The largest absolute Gasteiger partial charge is 0.269 e. The highest BCUT2D eigenvalue weighted by Crippen LogP contribution is 2.26. The number of aryl methyl sites for hydroxylation is 2. The van der Waals surface area contributed by atoms with E-state index in [-0.39, 0.29) is 5.56 Å². The summed E-state index contributed by atoms with van der Waals surface area (Å²) in [6.07, 6.45) is 4.24. The Bertz CT molecular complexity index is 1420. The van der Waals surface area contributed by atoms with Gasteiger partial charge >= 0.3 is 0 Å². The first-order chi connectivity index (χ1) is 12.8. The van der Waals surface area contributed by atoms with Crippen molar-refractivity contribution in [3.63, 3.8) is 0 Å². The van der Waals surface area contributed by atoms with Crippen molar-refractivity contribution in [1.82, 2.24) is 24.3 Å². The Kier molecular flexibility index (Phi) is 2.77. The molecule has 0 saturated carbocycles. The second-order valence-electron chi connectivity index (χ2n) is 6.65. The zero-order valence-electron chi connectivity index (χ0n) is 13.8. The average molecular weight is 359 g/mol. The Morgan fingerprint density at radius 3 is 2.65 bits per heavy atom. The molecule has 0 amide bonds. The van der Waals surface area contributed by atoms with Crippen LogP contribution in [-0.2, 0) is 12.8 Å². The van der Waals surface area contributed by atoms with Crippen LogP contribution < -0.4 is 5.56 Å². The molecule has 126 valence electrons. The molecule has 0 aliphatic heterocycles. The Morgan fingerprint density at radius 2 is 1.77 bits per heavy atom. The van der Waals surface area contributed by atoms with Gasteiger partial charge in [-0.2, -0.15) is 4.98 Å². The molecule has 6 rings (SSSR count).